The first kappa shape index (κ1) is 36.9. The minimum Gasteiger partial charge on any atom is -0.506 e. The highest BCUT2D eigenvalue weighted by molar-refractivity contribution is 8.00. The zero-order valence-corrected chi connectivity index (χ0v) is 31.1. The second kappa shape index (κ2) is 15.0. The van der Waals surface area contributed by atoms with E-state index >= 15 is 0 Å². The molecule has 2 heterocycles. The molecule has 0 bridgehead atoms. The molecule has 2 aliphatic heterocycles. The number of benzene rings is 4. The van der Waals surface area contributed by atoms with E-state index in [1.54, 1.807) is 20.8 Å². The van der Waals surface area contributed by atoms with Crippen molar-refractivity contribution in [1.82, 2.24) is 15.5 Å². The van der Waals surface area contributed by atoms with Crippen molar-refractivity contribution in [3.05, 3.63) is 131 Å². The van der Waals surface area contributed by atoms with Gasteiger partial charge in [-0.05, 0) is 74.9 Å². The number of β-lactam (4-membered cyclic amide) rings is 1. The maximum Gasteiger partial charge on any atom is 0.408 e. The number of phenolic OH excluding ortho intramolecular Hbond substituents is 1. The molecule has 13 heteroatoms. The summed E-state index contributed by atoms with van der Waals surface area (Å²) in [7, 11) is -2.49. The molecule has 0 radical (unpaired) electrons. The molecule has 4 N–H and O–H groups in total. The molecule has 0 aliphatic carbocycles. The number of hydrogen-bond acceptors (Lipinski definition) is 7. The Morgan fingerprint density at radius 3 is 1.94 bits per heavy atom. The summed E-state index contributed by atoms with van der Waals surface area (Å²) in [5.41, 5.74) is -0.0813. The molecular weight excluding hydrogens is 721 g/mol. The lowest BCUT2D eigenvalue weighted by Crippen LogP contribution is -2.71. The molecule has 1 fully saturated rings. The maximum atomic E-state index is 13.9. The van der Waals surface area contributed by atoms with E-state index in [0.29, 0.717) is 17.5 Å². The number of alkyl carbamates (subject to hydrolysis) is 1. The van der Waals surface area contributed by atoms with Crippen molar-refractivity contribution in [2.75, 3.05) is 11.9 Å². The molecule has 4 aromatic rings. The number of carbonyl (C=O) groups is 4. The van der Waals surface area contributed by atoms with Crippen LogP contribution < -0.4 is 26.5 Å². The van der Waals surface area contributed by atoms with Crippen LogP contribution in [0.3, 0.4) is 0 Å². The standard InChI is InChI=1S/C39H37ClN3O7PS/c1-39(2,3)50-38(49)42-31(24-19-20-30(44)29(40)21-24)34(45)41-32-35(46)43-33(37(47)48)25(23-52-36(32)43)22-51(26-13-7-4-8-14-26,27-15-9-5-10-16-27)28-17-11-6-12-18-28/h4-21,31-32,36H,22-23H2,1-3H3,(H3-,41,42,44,45,47,48,49)/p+1/t31?,32-,36+/m1/s1. The normalized spacial score (nSPS) is 17.8. The lowest BCUT2D eigenvalue weighted by Gasteiger charge is -2.49. The van der Waals surface area contributed by atoms with Gasteiger partial charge in [-0.25, -0.2) is 9.59 Å². The molecule has 3 atom stereocenters. The number of phenols is 1. The van der Waals surface area contributed by atoms with Gasteiger partial charge < -0.3 is 25.6 Å². The van der Waals surface area contributed by atoms with Gasteiger partial charge in [0.05, 0.1) is 11.2 Å². The molecule has 52 heavy (non-hydrogen) atoms. The van der Waals surface area contributed by atoms with Gasteiger partial charge >= 0.3 is 12.1 Å². The van der Waals surface area contributed by atoms with Crippen molar-refractivity contribution in [3.8, 4) is 5.75 Å². The summed E-state index contributed by atoms with van der Waals surface area (Å²) in [6.45, 7) is 5.02. The summed E-state index contributed by atoms with van der Waals surface area (Å²) < 4.78 is 5.37. The highest BCUT2D eigenvalue weighted by Gasteiger charge is 2.56. The van der Waals surface area contributed by atoms with E-state index < -0.39 is 54.2 Å². The average Bonchev–Trinajstić information content (AvgIpc) is 3.13. The molecule has 2 aliphatic rings. The Bertz CT molecular complexity index is 1930. The van der Waals surface area contributed by atoms with E-state index in [2.05, 4.69) is 47.0 Å². The maximum absolute atomic E-state index is 13.9. The molecule has 1 saturated heterocycles. The van der Waals surface area contributed by atoms with Crippen LogP contribution >= 0.6 is 30.6 Å². The average molecular weight is 759 g/mol. The number of rotatable bonds is 10. The van der Waals surface area contributed by atoms with E-state index in [1.807, 2.05) is 54.6 Å². The number of aliphatic carboxylic acids is 1. The number of ether oxygens (including phenoxy) is 1. The number of nitrogens with one attached hydrogen (secondary N) is 2. The van der Waals surface area contributed by atoms with Crippen LogP contribution in [-0.4, -0.2) is 67.9 Å². The molecule has 1 unspecified atom stereocenters. The third kappa shape index (κ3) is 7.39. The van der Waals surface area contributed by atoms with E-state index in [4.69, 9.17) is 16.3 Å². The monoisotopic (exact) mass is 758 g/mol. The predicted molar refractivity (Wildman–Crippen MR) is 205 cm³/mol. The molecule has 268 valence electrons. The van der Waals surface area contributed by atoms with Gasteiger partial charge in [-0.1, -0.05) is 72.3 Å². The topological polar surface area (TPSA) is 145 Å². The van der Waals surface area contributed by atoms with Crippen LogP contribution in [0.25, 0.3) is 0 Å². The fraction of sp³-hybridized carbons (Fsp3) is 0.231. The summed E-state index contributed by atoms with van der Waals surface area (Å²) in [5.74, 6) is -2.45. The minimum absolute atomic E-state index is 0.0424. The first-order valence-electron chi connectivity index (χ1n) is 16.5. The molecule has 0 spiro atoms. The summed E-state index contributed by atoms with van der Waals surface area (Å²) in [6, 6.07) is 31.9. The van der Waals surface area contributed by atoms with Gasteiger partial charge in [0, 0.05) is 11.3 Å². The third-order valence-corrected chi connectivity index (χ3v) is 14.8. The van der Waals surface area contributed by atoms with Crippen molar-refractivity contribution >= 4 is 70.4 Å². The van der Waals surface area contributed by atoms with Crippen molar-refractivity contribution in [2.45, 2.75) is 43.8 Å². The Morgan fingerprint density at radius 1 is 0.923 bits per heavy atom. The molecule has 3 amide bonds. The smallest absolute Gasteiger partial charge is 0.408 e. The predicted octanol–water partition coefficient (Wildman–Crippen LogP) is 5.34. The Morgan fingerprint density at radius 2 is 1.46 bits per heavy atom. The molecule has 0 aromatic heterocycles. The second-order valence-electron chi connectivity index (χ2n) is 13.4. The number of hydrogen-bond donors (Lipinski definition) is 4. The van der Waals surface area contributed by atoms with Crippen LogP contribution in [0, 0.1) is 0 Å². The number of aromatic hydroxyl groups is 1. The number of carbonyl (C=O) groups excluding carboxylic acids is 3. The van der Waals surface area contributed by atoms with E-state index in [0.717, 1.165) is 15.9 Å². The SMILES string of the molecule is CC(C)(C)OC(=O)NC(C(=O)N[C@@H]1C(=O)N2C(C(=O)O)=C(C[P+](c3ccccc3)(c3ccccc3)c3ccccc3)CS[C@@H]12)c1ccc(O)c(Cl)c1. The molecule has 10 nitrogen and oxygen atoms in total. The first-order valence-corrected chi connectivity index (χ1v) is 19.9. The van der Waals surface area contributed by atoms with Crippen LogP contribution in [0.5, 0.6) is 5.75 Å². The number of thioether (sulfide) groups is 1. The van der Waals surface area contributed by atoms with Crippen molar-refractivity contribution in [2.24, 2.45) is 0 Å². The Balaban J connectivity index is 1.33. The number of carboxylic acid groups (broad SMARTS) is 1. The summed E-state index contributed by atoms with van der Waals surface area (Å²) in [4.78, 5) is 54.8. The van der Waals surface area contributed by atoms with Gasteiger partial charge in [0.1, 0.15) is 57.7 Å². The second-order valence-corrected chi connectivity index (χ2v) is 18.4. The van der Waals surface area contributed by atoms with Crippen LogP contribution in [0.15, 0.2) is 120 Å². The number of carboxylic acids is 1. The lowest BCUT2D eigenvalue weighted by atomic mass is 10.0. The summed E-state index contributed by atoms with van der Waals surface area (Å²) in [5, 5.41) is 28.4. The number of fused-ring (bicyclic) bond motifs is 1. The fourth-order valence-electron chi connectivity index (χ4n) is 6.52. The van der Waals surface area contributed by atoms with E-state index in [9.17, 15) is 29.4 Å². The molecule has 4 aromatic carbocycles. The Kier molecular flexibility index (Phi) is 10.7. The van der Waals surface area contributed by atoms with Gasteiger partial charge in [-0.15, -0.1) is 11.8 Å². The van der Waals surface area contributed by atoms with Gasteiger partial charge in [0.2, 0.25) is 5.91 Å². The van der Waals surface area contributed by atoms with Gasteiger partial charge in [-0.2, -0.15) is 0 Å². The van der Waals surface area contributed by atoms with Crippen LogP contribution in [0.1, 0.15) is 32.4 Å². The quantitative estimate of drug-likeness (QED) is 0.125. The zero-order chi connectivity index (χ0) is 37.2. The van der Waals surface area contributed by atoms with Crippen LogP contribution in [0.2, 0.25) is 5.02 Å². The van der Waals surface area contributed by atoms with Gasteiger partial charge in [0.15, 0.2) is 0 Å². The lowest BCUT2D eigenvalue weighted by molar-refractivity contribution is -0.151. The number of nitrogens with zero attached hydrogens (tertiary/aromatic N) is 1. The largest absolute Gasteiger partial charge is 0.506 e. The van der Waals surface area contributed by atoms with Crippen molar-refractivity contribution in [3.63, 3.8) is 0 Å². The van der Waals surface area contributed by atoms with Crippen molar-refractivity contribution < 1.29 is 34.1 Å². The fourth-order valence-corrected chi connectivity index (χ4v) is 12.5. The molecule has 0 saturated carbocycles. The van der Waals surface area contributed by atoms with Crippen LogP contribution in [0.4, 0.5) is 4.79 Å². The third-order valence-electron chi connectivity index (χ3n) is 8.79. The molecule has 6 rings (SSSR count). The van der Waals surface area contributed by atoms with E-state index in [1.165, 1.54) is 34.9 Å². The first-order chi connectivity index (χ1) is 24.8. The summed E-state index contributed by atoms with van der Waals surface area (Å²) in [6.07, 6.45) is -0.496. The van der Waals surface area contributed by atoms with Crippen LogP contribution in [-0.2, 0) is 19.1 Å². The minimum atomic E-state index is -2.49. The zero-order valence-electron chi connectivity index (χ0n) is 28.7. The highest BCUT2D eigenvalue weighted by atomic mass is 35.5. The van der Waals surface area contributed by atoms with Gasteiger partial charge in [0.25, 0.3) is 5.91 Å². The summed E-state index contributed by atoms with van der Waals surface area (Å²) >= 11 is 7.52. The number of amides is 3. The van der Waals surface area contributed by atoms with Crippen molar-refractivity contribution in [1.29, 1.82) is 0 Å². The Hall–Kier alpha value is -4.83. The number of halogens is 1. The van der Waals surface area contributed by atoms with Gasteiger partial charge in [-0.3, -0.25) is 14.5 Å². The van der Waals surface area contributed by atoms with E-state index in [-0.39, 0.29) is 22.0 Å². The molecular formula is C39H38ClN3O7PS+. The Labute approximate surface area is 311 Å². The highest BCUT2D eigenvalue weighted by Crippen LogP contribution is 2.58.